The molecule has 1 aromatic heterocycles. The molecule has 0 aliphatic rings. The van der Waals surface area contributed by atoms with Crippen LogP contribution in [0.15, 0.2) is 65.7 Å². The molecule has 3 aromatic rings. The largest absolute Gasteiger partial charge is 0.493 e. The number of ether oxygens (including phenoxy) is 2. The van der Waals surface area contributed by atoms with E-state index in [0.717, 1.165) is 17.8 Å². The van der Waals surface area contributed by atoms with Crippen LogP contribution in [0.25, 0.3) is 0 Å². The maximum atomic E-state index is 12.5. The molecular weight excluding hydrogens is 490 g/mol. The summed E-state index contributed by atoms with van der Waals surface area (Å²) in [5.74, 6) is -1.57. The maximum Gasteiger partial charge on any atom is 0.354 e. The Hall–Kier alpha value is -4.45. The fourth-order valence-electron chi connectivity index (χ4n) is 3.13. The van der Waals surface area contributed by atoms with E-state index in [1.807, 2.05) is 4.72 Å². The van der Waals surface area contributed by atoms with Crippen LogP contribution in [-0.2, 0) is 16.4 Å². The van der Waals surface area contributed by atoms with Crippen LogP contribution in [0.5, 0.6) is 11.5 Å². The van der Waals surface area contributed by atoms with Gasteiger partial charge in [-0.3, -0.25) is 9.59 Å². The van der Waals surface area contributed by atoms with Gasteiger partial charge in [0.1, 0.15) is 5.69 Å². The molecule has 0 unspecified atom stereocenters. The third kappa shape index (κ3) is 6.36. The summed E-state index contributed by atoms with van der Waals surface area (Å²) in [5.41, 5.74) is 0.786. The van der Waals surface area contributed by atoms with Crippen molar-refractivity contribution in [3.63, 3.8) is 0 Å². The molecular formula is C24H23N3O8S. The number of nitrogens with zero attached hydrogens (tertiary/aromatic N) is 1. The van der Waals surface area contributed by atoms with Crippen LogP contribution in [0.4, 0.5) is 0 Å². The SMILES string of the molecule is COc1ccc(C(=O)NCCc2ccc(S(=O)(=O)NC(=O)c3ccc(C(=O)O)nc3)cc2)cc1OC. The second kappa shape index (κ2) is 11.3. The third-order valence-electron chi connectivity index (χ3n) is 5.05. The minimum Gasteiger partial charge on any atom is -0.493 e. The van der Waals surface area contributed by atoms with Crippen LogP contribution >= 0.6 is 0 Å². The topological polar surface area (TPSA) is 161 Å². The van der Waals surface area contributed by atoms with E-state index in [2.05, 4.69) is 10.3 Å². The summed E-state index contributed by atoms with van der Waals surface area (Å²) >= 11 is 0. The number of benzene rings is 2. The molecule has 3 rings (SSSR count). The Morgan fingerprint density at radius 1 is 0.889 bits per heavy atom. The highest BCUT2D eigenvalue weighted by Crippen LogP contribution is 2.27. The van der Waals surface area contributed by atoms with Crippen LogP contribution in [0.2, 0.25) is 0 Å². The first-order chi connectivity index (χ1) is 17.1. The van der Waals surface area contributed by atoms with Crippen LogP contribution < -0.4 is 19.5 Å². The number of carboxylic acids is 1. The number of nitrogens with one attached hydrogen (secondary N) is 2. The number of hydrogen-bond donors (Lipinski definition) is 3. The summed E-state index contributed by atoms with van der Waals surface area (Å²) < 4.78 is 37.3. The van der Waals surface area contributed by atoms with Gasteiger partial charge in [0, 0.05) is 18.3 Å². The van der Waals surface area contributed by atoms with Crippen molar-refractivity contribution >= 4 is 27.8 Å². The van der Waals surface area contributed by atoms with Crippen molar-refractivity contribution in [3.05, 3.63) is 83.2 Å². The number of carbonyl (C=O) groups excluding carboxylic acids is 2. The first-order valence-corrected chi connectivity index (χ1v) is 12.0. The number of aromatic carboxylic acids is 1. The molecule has 2 amide bonds. The van der Waals surface area contributed by atoms with E-state index in [-0.39, 0.29) is 22.1 Å². The van der Waals surface area contributed by atoms with Gasteiger partial charge >= 0.3 is 5.97 Å². The van der Waals surface area contributed by atoms with Crippen molar-refractivity contribution in [3.8, 4) is 11.5 Å². The van der Waals surface area contributed by atoms with E-state index in [9.17, 15) is 22.8 Å². The Morgan fingerprint density at radius 3 is 2.14 bits per heavy atom. The zero-order valence-electron chi connectivity index (χ0n) is 19.3. The lowest BCUT2D eigenvalue weighted by Crippen LogP contribution is -2.30. The van der Waals surface area contributed by atoms with Gasteiger partial charge in [0.2, 0.25) is 0 Å². The summed E-state index contributed by atoms with van der Waals surface area (Å²) in [4.78, 5) is 38.9. The minimum absolute atomic E-state index is 0.106. The normalized spacial score (nSPS) is 10.8. The average Bonchev–Trinajstić information content (AvgIpc) is 2.88. The number of amides is 2. The van der Waals surface area contributed by atoms with Crippen LogP contribution in [0, 0.1) is 0 Å². The second-order valence-electron chi connectivity index (χ2n) is 7.39. The van der Waals surface area contributed by atoms with Crippen molar-refractivity contribution in [1.29, 1.82) is 0 Å². The maximum absolute atomic E-state index is 12.5. The summed E-state index contributed by atoms with van der Waals surface area (Å²) in [6.07, 6.45) is 1.42. The van der Waals surface area contributed by atoms with Gasteiger partial charge in [0.05, 0.1) is 24.7 Å². The molecule has 0 aliphatic carbocycles. The molecule has 0 fully saturated rings. The Balaban J connectivity index is 1.57. The fourth-order valence-corrected chi connectivity index (χ4v) is 4.10. The van der Waals surface area contributed by atoms with E-state index in [0.29, 0.717) is 30.0 Å². The molecule has 12 heteroatoms. The number of carboxylic acid groups (broad SMARTS) is 1. The van der Waals surface area contributed by atoms with Gasteiger partial charge < -0.3 is 19.9 Å². The highest BCUT2D eigenvalue weighted by atomic mass is 32.2. The van der Waals surface area contributed by atoms with Crippen molar-refractivity contribution in [1.82, 2.24) is 15.0 Å². The Morgan fingerprint density at radius 2 is 1.56 bits per heavy atom. The van der Waals surface area contributed by atoms with E-state index in [4.69, 9.17) is 14.6 Å². The van der Waals surface area contributed by atoms with Gasteiger partial charge in [-0.2, -0.15) is 0 Å². The zero-order valence-corrected chi connectivity index (χ0v) is 20.2. The molecule has 0 atom stereocenters. The first-order valence-electron chi connectivity index (χ1n) is 10.5. The molecule has 0 spiro atoms. The molecule has 0 bridgehead atoms. The predicted octanol–water partition coefficient (Wildman–Crippen LogP) is 1.89. The van der Waals surface area contributed by atoms with Crippen LogP contribution in [-0.4, -0.2) is 57.1 Å². The highest BCUT2D eigenvalue weighted by Gasteiger charge is 2.19. The molecule has 0 aliphatic heterocycles. The van der Waals surface area contributed by atoms with Crippen LogP contribution in [0.1, 0.15) is 36.8 Å². The van der Waals surface area contributed by atoms with Gasteiger partial charge in [-0.05, 0) is 54.4 Å². The lowest BCUT2D eigenvalue weighted by atomic mass is 10.1. The van der Waals surface area contributed by atoms with Crippen molar-refractivity contribution < 1.29 is 37.4 Å². The van der Waals surface area contributed by atoms with E-state index in [1.54, 1.807) is 30.3 Å². The average molecular weight is 514 g/mol. The number of carbonyl (C=O) groups is 3. The van der Waals surface area contributed by atoms with Gasteiger partial charge in [0.25, 0.3) is 21.8 Å². The molecule has 0 saturated carbocycles. The van der Waals surface area contributed by atoms with Gasteiger partial charge in [0.15, 0.2) is 11.5 Å². The molecule has 11 nitrogen and oxygen atoms in total. The minimum atomic E-state index is -4.17. The molecule has 0 radical (unpaired) electrons. The fraction of sp³-hybridized carbons (Fsp3) is 0.167. The zero-order chi connectivity index (χ0) is 26.3. The van der Waals surface area contributed by atoms with E-state index in [1.165, 1.54) is 32.4 Å². The van der Waals surface area contributed by atoms with Crippen molar-refractivity contribution in [2.45, 2.75) is 11.3 Å². The quantitative estimate of drug-likeness (QED) is 0.368. The highest BCUT2D eigenvalue weighted by molar-refractivity contribution is 7.90. The smallest absolute Gasteiger partial charge is 0.354 e. The summed E-state index contributed by atoms with van der Waals surface area (Å²) in [6, 6.07) is 12.9. The van der Waals surface area contributed by atoms with Crippen molar-refractivity contribution in [2.75, 3.05) is 20.8 Å². The van der Waals surface area contributed by atoms with Crippen LogP contribution in [0.3, 0.4) is 0 Å². The number of aromatic nitrogens is 1. The third-order valence-corrected chi connectivity index (χ3v) is 6.40. The molecule has 3 N–H and O–H groups in total. The summed E-state index contributed by atoms with van der Waals surface area (Å²) in [7, 11) is -1.19. The van der Waals surface area contributed by atoms with Crippen molar-refractivity contribution in [2.24, 2.45) is 0 Å². The number of methoxy groups -OCH3 is 2. The Labute approximate surface area is 207 Å². The molecule has 2 aromatic carbocycles. The number of rotatable bonds is 10. The number of hydrogen-bond acceptors (Lipinski definition) is 8. The molecule has 188 valence electrons. The summed E-state index contributed by atoms with van der Waals surface area (Å²) in [6.45, 7) is 0.301. The second-order valence-corrected chi connectivity index (χ2v) is 9.07. The lowest BCUT2D eigenvalue weighted by molar-refractivity contribution is 0.0689. The molecule has 0 saturated heterocycles. The standard InChI is InChI=1S/C24H23N3O8S/c1-34-20-10-6-16(13-21(20)35-2)22(28)25-12-11-15-3-7-18(8-4-15)36(32,33)27-23(29)17-5-9-19(24(30)31)26-14-17/h3-10,13-14H,11-12H2,1-2H3,(H,25,28)(H,27,29)(H,30,31). The van der Waals surface area contributed by atoms with Gasteiger partial charge in [-0.1, -0.05) is 12.1 Å². The van der Waals surface area contributed by atoms with Gasteiger partial charge in [-0.25, -0.2) is 22.9 Å². The van der Waals surface area contributed by atoms with E-state index < -0.39 is 21.9 Å². The summed E-state index contributed by atoms with van der Waals surface area (Å²) in [5, 5.41) is 11.6. The number of sulfonamides is 1. The first kappa shape index (κ1) is 26.2. The van der Waals surface area contributed by atoms with E-state index >= 15 is 0 Å². The molecule has 36 heavy (non-hydrogen) atoms. The van der Waals surface area contributed by atoms with Gasteiger partial charge in [-0.15, -0.1) is 0 Å². The number of pyridine rings is 1. The lowest BCUT2D eigenvalue weighted by Gasteiger charge is -2.10. The molecule has 1 heterocycles. The predicted molar refractivity (Wildman–Crippen MR) is 128 cm³/mol. The Kier molecular flexibility index (Phi) is 8.22. The monoisotopic (exact) mass is 513 g/mol. The Bertz CT molecular complexity index is 1370.